The van der Waals surface area contributed by atoms with Crippen LogP contribution in [0.3, 0.4) is 0 Å². The van der Waals surface area contributed by atoms with Crippen molar-refractivity contribution >= 4 is 0 Å². The quantitative estimate of drug-likeness (QED) is 0.842. The highest BCUT2D eigenvalue weighted by Crippen LogP contribution is 2.16. The van der Waals surface area contributed by atoms with Crippen molar-refractivity contribution in [3.05, 3.63) is 53.3 Å². The minimum absolute atomic E-state index is 0.546. The number of hydrogen-bond donors (Lipinski definition) is 1. The standard InChI is InChI=1S/C18H27N3/c1-14(2)11-19-12-15(3)18-7-5-17(6-8-18)13-21-16(4)9-10-20-21/h5-10,14-15,19H,11-13H2,1-4H3. The molecule has 0 radical (unpaired) electrons. The van der Waals surface area contributed by atoms with E-state index < -0.39 is 0 Å². The molecule has 2 rings (SSSR count). The van der Waals surface area contributed by atoms with E-state index in [4.69, 9.17) is 0 Å². The van der Waals surface area contributed by atoms with Gasteiger partial charge >= 0.3 is 0 Å². The van der Waals surface area contributed by atoms with Gasteiger partial charge in [-0.25, -0.2) is 0 Å². The number of rotatable bonds is 7. The van der Waals surface area contributed by atoms with Gasteiger partial charge in [-0.1, -0.05) is 45.0 Å². The maximum absolute atomic E-state index is 4.33. The van der Waals surface area contributed by atoms with Gasteiger partial charge in [0.05, 0.1) is 6.54 Å². The number of hydrogen-bond acceptors (Lipinski definition) is 2. The van der Waals surface area contributed by atoms with Crippen LogP contribution in [-0.4, -0.2) is 22.9 Å². The molecular formula is C18H27N3. The maximum Gasteiger partial charge on any atom is 0.0662 e. The first-order valence-electron chi connectivity index (χ1n) is 7.84. The lowest BCUT2D eigenvalue weighted by Gasteiger charge is -2.15. The third-order valence-electron chi connectivity index (χ3n) is 3.81. The van der Waals surface area contributed by atoms with Crippen molar-refractivity contribution in [2.75, 3.05) is 13.1 Å². The Bertz CT molecular complexity index is 540. The van der Waals surface area contributed by atoms with Gasteiger partial charge in [-0.05, 0) is 42.5 Å². The lowest BCUT2D eigenvalue weighted by molar-refractivity contribution is 0.528. The Morgan fingerprint density at radius 3 is 2.33 bits per heavy atom. The summed E-state index contributed by atoms with van der Waals surface area (Å²) in [6, 6.07) is 11.0. The number of nitrogens with zero attached hydrogens (tertiary/aromatic N) is 2. The number of aromatic nitrogens is 2. The molecule has 1 heterocycles. The van der Waals surface area contributed by atoms with E-state index in [9.17, 15) is 0 Å². The molecule has 21 heavy (non-hydrogen) atoms. The van der Waals surface area contributed by atoms with E-state index in [-0.39, 0.29) is 0 Å². The fourth-order valence-electron chi connectivity index (χ4n) is 2.40. The van der Waals surface area contributed by atoms with Crippen LogP contribution in [0.1, 0.15) is 43.5 Å². The molecule has 3 nitrogen and oxygen atoms in total. The summed E-state index contributed by atoms with van der Waals surface area (Å²) in [5, 5.41) is 7.86. The molecule has 114 valence electrons. The minimum atomic E-state index is 0.546. The molecule has 0 fully saturated rings. The molecule has 0 bridgehead atoms. The third-order valence-corrected chi connectivity index (χ3v) is 3.81. The van der Waals surface area contributed by atoms with Crippen LogP contribution in [0.5, 0.6) is 0 Å². The summed E-state index contributed by atoms with van der Waals surface area (Å²) in [4.78, 5) is 0. The van der Waals surface area contributed by atoms with Crippen LogP contribution >= 0.6 is 0 Å². The molecule has 0 aliphatic carbocycles. The SMILES string of the molecule is Cc1ccnn1Cc1ccc(C(C)CNCC(C)C)cc1. The van der Waals surface area contributed by atoms with Crippen molar-refractivity contribution in [2.24, 2.45) is 5.92 Å². The first-order chi connectivity index (χ1) is 10.1. The number of benzene rings is 1. The Kier molecular flexibility index (Phi) is 5.57. The Balaban J connectivity index is 1.90. The molecule has 0 aliphatic rings. The average molecular weight is 285 g/mol. The smallest absolute Gasteiger partial charge is 0.0662 e. The van der Waals surface area contributed by atoms with Crippen molar-refractivity contribution in [3.63, 3.8) is 0 Å². The Morgan fingerprint density at radius 2 is 1.76 bits per heavy atom. The summed E-state index contributed by atoms with van der Waals surface area (Å²) >= 11 is 0. The van der Waals surface area contributed by atoms with Gasteiger partial charge in [0.15, 0.2) is 0 Å². The summed E-state index contributed by atoms with van der Waals surface area (Å²) in [6.07, 6.45) is 1.85. The van der Waals surface area contributed by atoms with E-state index in [2.05, 4.69) is 62.4 Å². The van der Waals surface area contributed by atoms with Gasteiger partial charge in [-0.2, -0.15) is 5.10 Å². The Labute approximate surface area is 128 Å². The van der Waals surface area contributed by atoms with E-state index in [0.717, 1.165) is 19.6 Å². The third kappa shape index (κ3) is 4.71. The summed E-state index contributed by atoms with van der Waals surface area (Å²) in [5.41, 5.74) is 3.89. The van der Waals surface area contributed by atoms with Crippen molar-refractivity contribution in [1.29, 1.82) is 0 Å². The molecule has 0 amide bonds. The molecule has 1 atom stereocenters. The predicted octanol–water partition coefficient (Wildman–Crippen LogP) is 3.59. The number of nitrogens with one attached hydrogen (secondary N) is 1. The normalized spacial score (nSPS) is 12.8. The minimum Gasteiger partial charge on any atom is -0.316 e. The molecule has 0 aliphatic heterocycles. The summed E-state index contributed by atoms with van der Waals surface area (Å²) in [7, 11) is 0. The van der Waals surface area contributed by atoms with Crippen LogP contribution in [0.25, 0.3) is 0 Å². The second-order valence-corrected chi connectivity index (χ2v) is 6.32. The van der Waals surface area contributed by atoms with E-state index >= 15 is 0 Å². The maximum atomic E-state index is 4.33. The molecule has 0 saturated heterocycles. The van der Waals surface area contributed by atoms with Gasteiger partial charge in [0.2, 0.25) is 0 Å². The topological polar surface area (TPSA) is 29.9 Å². The van der Waals surface area contributed by atoms with Gasteiger partial charge in [-0.15, -0.1) is 0 Å². The number of aryl methyl sites for hydroxylation is 1. The highest BCUT2D eigenvalue weighted by Gasteiger charge is 2.06. The van der Waals surface area contributed by atoms with Crippen LogP contribution < -0.4 is 5.32 Å². The van der Waals surface area contributed by atoms with Crippen LogP contribution in [0.4, 0.5) is 0 Å². The molecular weight excluding hydrogens is 258 g/mol. The van der Waals surface area contributed by atoms with E-state index in [1.165, 1.54) is 16.8 Å². The molecule has 1 N–H and O–H groups in total. The van der Waals surface area contributed by atoms with Crippen LogP contribution in [0, 0.1) is 12.8 Å². The first-order valence-corrected chi connectivity index (χ1v) is 7.84. The highest BCUT2D eigenvalue weighted by molar-refractivity contribution is 5.25. The van der Waals surface area contributed by atoms with Gasteiger partial charge in [-0.3, -0.25) is 4.68 Å². The molecule has 1 aromatic carbocycles. The second-order valence-electron chi connectivity index (χ2n) is 6.32. The van der Waals surface area contributed by atoms with Crippen LogP contribution in [0.15, 0.2) is 36.5 Å². The molecule has 3 heteroatoms. The Morgan fingerprint density at radius 1 is 1.05 bits per heavy atom. The van der Waals surface area contributed by atoms with E-state index in [0.29, 0.717) is 11.8 Å². The van der Waals surface area contributed by atoms with Crippen molar-refractivity contribution in [1.82, 2.24) is 15.1 Å². The lowest BCUT2D eigenvalue weighted by Crippen LogP contribution is -2.24. The van der Waals surface area contributed by atoms with Gasteiger partial charge < -0.3 is 5.32 Å². The molecule has 0 saturated carbocycles. The predicted molar refractivity (Wildman–Crippen MR) is 88.6 cm³/mol. The lowest BCUT2D eigenvalue weighted by atomic mass is 9.99. The summed E-state index contributed by atoms with van der Waals surface area (Å²) in [6.45, 7) is 11.8. The van der Waals surface area contributed by atoms with E-state index in [1.54, 1.807) is 0 Å². The van der Waals surface area contributed by atoms with Gasteiger partial charge in [0, 0.05) is 18.4 Å². The zero-order valence-electron chi connectivity index (χ0n) is 13.6. The monoisotopic (exact) mass is 285 g/mol. The molecule has 2 aromatic rings. The first kappa shape index (κ1) is 15.8. The molecule has 0 spiro atoms. The second kappa shape index (κ2) is 7.41. The summed E-state index contributed by atoms with van der Waals surface area (Å²) < 4.78 is 2.03. The van der Waals surface area contributed by atoms with E-state index in [1.807, 2.05) is 16.9 Å². The van der Waals surface area contributed by atoms with Crippen molar-refractivity contribution in [3.8, 4) is 0 Å². The zero-order valence-corrected chi connectivity index (χ0v) is 13.6. The van der Waals surface area contributed by atoms with Crippen molar-refractivity contribution in [2.45, 2.75) is 40.2 Å². The van der Waals surface area contributed by atoms with Crippen molar-refractivity contribution < 1.29 is 0 Å². The fraction of sp³-hybridized carbons (Fsp3) is 0.500. The van der Waals surface area contributed by atoms with Gasteiger partial charge in [0.25, 0.3) is 0 Å². The van der Waals surface area contributed by atoms with Crippen LogP contribution in [-0.2, 0) is 6.54 Å². The Hall–Kier alpha value is -1.61. The largest absolute Gasteiger partial charge is 0.316 e. The van der Waals surface area contributed by atoms with Gasteiger partial charge in [0.1, 0.15) is 0 Å². The zero-order chi connectivity index (χ0) is 15.2. The summed E-state index contributed by atoms with van der Waals surface area (Å²) in [5.74, 6) is 1.25. The fourth-order valence-corrected chi connectivity index (χ4v) is 2.40. The highest BCUT2D eigenvalue weighted by atomic mass is 15.3. The molecule has 1 unspecified atom stereocenters. The van der Waals surface area contributed by atoms with Crippen LogP contribution in [0.2, 0.25) is 0 Å². The molecule has 1 aromatic heterocycles. The average Bonchev–Trinajstić information content (AvgIpc) is 2.84.